The molecule has 8 nitrogen and oxygen atoms in total. The fourth-order valence-corrected chi connectivity index (χ4v) is 6.98. The molecule has 0 N–H and O–H groups in total. The minimum absolute atomic E-state index is 0.0160. The SMILES string of the molecule is CCCCOc1c2c3c4c(c1[N+]1(CCOCC1)CCO4)OCC[N+]1(CCOCC1)c1cccc(c1-2)C3=O. The molecule has 7 rings (SSSR count). The highest BCUT2D eigenvalue weighted by Gasteiger charge is 2.51. The van der Waals surface area contributed by atoms with Gasteiger partial charge in [0.25, 0.3) is 0 Å². The average molecular weight is 509 g/mol. The predicted octanol–water partition coefficient (Wildman–Crippen LogP) is 3.54. The van der Waals surface area contributed by atoms with Crippen LogP contribution in [-0.2, 0) is 9.47 Å². The normalized spacial score (nSPS) is 22.5. The number of carbonyl (C=O) groups excluding carboxylic acids is 1. The first-order chi connectivity index (χ1) is 18.2. The van der Waals surface area contributed by atoms with Gasteiger partial charge >= 0.3 is 0 Å². The lowest BCUT2D eigenvalue weighted by Gasteiger charge is -2.43. The van der Waals surface area contributed by atoms with Crippen molar-refractivity contribution >= 4 is 17.2 Å². The Morgan fingerprint density at radius 3 is 2.16 bits per heavy atom. The van der Waals surface area contributed by atoms with Gasteiger partial charge in [-0.15, -0.1) is 0 Å². The van der Waals surface area contributed by atoms with E-state index in [0.29, 0.717) is 67.8 Å². The van der Waals surface area contributed by atoms with Crippen molar-refractivity contribution in [3.05, 3.63) is 29.3 Å². The summed E-state index contributed by atoms with van der Waals surface area (Å²) in [6.45, 7) is 11.6. The van der Waals surface area contributed by atoms with Crippen LogP contribution in [0.5, 0.6) is 17.2 Å². The van der Waals surface area contributed by atoms with Gasteiger partial charge in [0.15, 0.2) is 17.3 Å². The van der Waals surface area contributed by atoms with Crippen LogP contribution in [0.2, 0.25) is 0 Å². The van der Waals surface area contributed by atoms with E-state index in [-0.39, 0.29) is 5.78 Å². The van der Waals surface area contributed by atoms with Crippen LogP contribution in [0.1, 0.15) is 35.7 Å². The van der Waals surface area contributed by atoms with E-state index in [1.807, 2.05) is 12.1 Å². The topological polar surface area (TPSA) is 63.2 Å². The number of benzene rings is 2. The Balaban J connectivity index is 1.57. The van der Waals surface area contributed by atoms with Gasteiger partial charge in [-0.3, -0.25) is 13.8 Å². The third-order valence-corrected chi connectivity index (χ3v) is 9.02. The van der Waals surface area contributed by atoms with E-state index in [0.717, 1.165) is 84.7 Å². The zero-order valence-electron chi connectivity index (χ0n) is 21.7. The molecular weight excluding hydrogens is 472 g/mol. The Kier molecular flexibility index (Phi) is 5.69. The van der Waals surface area contributed by atoms with Crippen molar-refractivity contribution in [3.8, 4) is 28.4 Å². The first-order valence-corrected chi connectivity index (χ1v) is 13.9. The third-order valence-electron chi connectivity index (χ3n) is 9.02. The van der Waals surface area contributed by atoms with E-state index in [1.54, 1.807) is 0 Å². The Morgan fingerprint density at radius 2 is 1.43 bits per heavy atom. The zero-order chi connectivity index (χ0) is 25.0. The van der Waals surface area contributed by atoms with Crippen LogP contribution in [0, 0.1) is 0 Å². The van der Waals surface area contributed by atoms with Crippen LogP contribution in [0.4, 0.5) is 11.4 Å². The predicted molar refractivity (Wildman–Crippen MR) is 141 cm³/mol. The van der Waals surface area contributed by atoms with Crippen molar-refractivity contribution in [2.24, 2.45) is 0 Å². The molecule has 2 saturated heterocycles. The van der Waals surface area contributed by atoms with E-state index in [4.69, 9.17) is 23.7 Å². The Morgan fingerprint density at radius 1 is 0.784 bits per heavy atom. The van der Waals surface area contributed by atoms with Gasteiger partial charge in [0.05, 0.1) is 49.7 Å². The number of hydrogen-bond donors (Lipinski definition) is 0. The number of ether oxygens (including phenoxy) is 5. The highest BCUT2D eigenvalue weighted by atomic mass is 16.5. The van der Waals surface area contributed by atoms with E-state index in [9.17, 15) is 4.79 Å². The lowest BCUT2D eigenvalue weighted by molar-refractivity contribution is 0.0328. The summed E-state index contributed by atoms with van der Waals surface area (Å²) in [6.07, 6.45) is 1.99. The summed E-state index contributed by atoms with van der Waals surface area (Å²) >= 11 is 0. The molecule has 0 saturated carbocycles. The number of unbranched alkanes of at least 4 members (excludes halogenated alkanes) is 1. The lowest BCUT2D eigenvalue weighted by Crippen LogP contribution is -2.59. The van der Waals surface area contributed by atoms with Crippen LogP contribution < -0.4 is 23.2 Å². The van der Waals surface area contributed by atoms with Crippen molar-refractivity contribution < 1.29 is 28.5 Å². The maximum Gasteiger partial charge on any atom is 0.228 e. The number of rotatable bonds is 4. The molecule has 0 unspecified atom stereocenters. The number of quaternary nitrogens is 2. The van der Waals surface area contributed by atoms with Crippen LogP contribution in [0.25, 0.3) is 11.1 Å². The van der Waals surface area contributed by atoms with Crippen molar-refractivity contribution in [3.63, 3.8) is 0 Å². The number of hydrogen-bond acceptors (Lipinski definition) is 6. The van der Waals surface area contributed by atoms with Gasteiger partial charge in [0.1, 0.15) is 58.2 Å². The first kappa shape index (κ1) is 23.5. The number of fused-ring (bicyclic) bond motifs is 2. The Hall–Kier alpha value is -2.65. The summed E-state index contributed by atoms with van der Waals surface area (Å²) in [4.78, 5) is 14.1. The first-order valence-electron chi connectivity index (χ1n) is 13.9. The highest BCUT2D eigenvalue weighted by Crippen LogP contribution is 2.62. The molecule has 8 heteroatoms. The molecule has 2 aromatic rings. The quantitative estimate of drug-likeness (QED) is 0.397. The smallest absolute Gasteiger partial charge is 0.228 e. The van der Waals surface area contributed by atoms with Gasteiger partial charge in [0.2, 0.25) is 11.4 Å². The van der Waals surface area contributed by atoms with E-state index < -0.39 is 0 Å². The standard InChI is InChI=1S/C29H36N2O6/c1-2-3-13-35-27-23-22-20-5-4-6-21(22)30(7-14-33-15-8-30)11-18-37-29-25(27)31(9-16-34-17-10-31)12-19-36-28(29)24(23)26(20)32/h4-6H,2-3,7-19H2,1H3/q+2. The highest BCUT2D eigenvalue weighted by molar-refractivity contribution is 6.27. The summed E-state index contributed by atoms with van der Waals surface area (Å²) in [7, 11) is 0. The van der Waals surface area contributed by atoms with Crippen LogP contribution in [0.3, 0.4) is 0 Å². The van der Waals surface area contributed by atoms with Gasteiger partial charge < -0.3 is 23.7 Å². The molecule has 5 aliphatic rings. The molecule has 196 valence electrons. The van der Waals surface area contributed by atoms with Crippen molar-refractivity contribution in [2.75, 3.05) is 85.5 Å². The number of carbonyl (C=O) groups is 1. The second-order valence-electron chi connectivity index (χ2n) is 10.9. The Labute approximate surface area is 217 Å². The van der Waals surface area contributed by atoms with Gasteiger partial charge in [-0.25, -0.2) is 0 Å². The molecule has 1 aliphatic carbocycles. The maximum absolute atomic E-state index is 14.1. The number of morpholine rings is 2. The van der Waals surface area contributed by atoms with Crippen LogP contribution in [-0.4, -0.2) is 91.3 Å². The van der Waals surface area contributed by atoms with Crippen LogP contribution >= 0.6 is 0 Å². The van der Waals surface area contributed by atoms with E-state index in [2.05, 4.69) is 13.0 Å². The molecule has 0 aromatic heterocycles. The summed E-state index contributed by atoms with van der Waals surface area (Å²) < 4.78 is 33.0. The minimum atomic E-state index is 0.0160. The van der Waals surface area contributed by atoms with E-state index in [1.165, 1.54) is 5.69 Å². The van der Waals surface area contributed by atoms with Crippen molar-refractivity contribution in [1.82, 2.24) is 8.97 Å². The van der Waals surface area contributed by atoms with Gasteiger partial charge in [-0.1, -0.05) is 19.4 Å². The molecular formula is C29H36N2O6+2. The molecule has 37 heavy (non-hydrogen) atoms. The second kappa shape index (κ2) is 8.98. The molecule has 6 bridgehead atoms. The molecule has 0 radical (unpaired) electrons. The summed E-state index contributed by atoms with van der Waals surface area (Å²) in [5, 5.41) is 0. The lowest BCUT2D eigenvalue weighted by atomic mass is 9.96. The average Bonchev–Trinajstić information content (AvgIpc) is 3.17. The van der Waals surface area contributed by atoms with Crippen molar-refractivity contribution in [1.29, 1.82) is 0 Å². The molecule has 4 aliphatic heterocycles. The van der Waals surface area contributed by atoms with Crippen molar-refractivity contribution in [2.45, 2.75) is 19.8 Å². The maximum atomic E-state index is 14.1. The fraction of sp³-hybridized carbons (Fsp3) is 0.552. The molecule has 2 spiro atoms. The molecule has 4 heterocycles. The molecule has 2 fully saturated rings. The molecule has 0 amide bonds. The second-order valence-corrected chi connectivity index (χ2v) is 10.9. The fourth-order valence-electron chi connectivity index (χ4n) is 6.98. The van der Waals surface area contributed by atoms with Gasteiger partial charge in [-0.2, -0.15) is 0 Å². The molecule has 2 aromatic carbocycles. The number of ketones is 1. The largest absolute Gasteiger partial charge is 0.487 e. The summed E-state index contributed by atoms with van der Waals surface area (Å²) in [5.74, 6) is 2.15. The monoisotopic (exact) mass is 508 g/mol. The summed E-state index contributed by atoms with van der Waals surface area (Å²) in [5.41, 5.74) is 5.55. The van der Waals surface area contributed by atoms with Crippen LogP contribution in [0.15, 0.2) is 18.2 Å². The Bertz CT molecular complexity index is 1250. The third kappa shape index (κ3) is 3.39. The van der Waals surface area contributed by atoms with Gasteiger partial charge in [-0.05, 0) is 18.6 Å². The number of nitrogens with zero attached hydrogens (tertiary/aromatic N) is 2. The zero-order valence-corrected chi connectivity index (χ0v) is 21.7. The minimum Gasteiger partial charge on any atom is -0.487 e. The van der Waals surface area contributed by atoms with E-state index >= 15 is 0 Å². The molecule has 0 atom stereocenters. The summed E-state index contributed by atoms with van der Waals surface area (Å²) in [6, 6.07) is 6.21. The van der Waals surface area contributed by atoms with Gasteiger partial charge in [0, 0.05) is 5.56 Å².